The Kier molecular flexibility index (Phi) is 2.75. The molecule has 0 heterocycles. The largest absolute Gasteiger partial charge is 0.198 e. The molecule has 0 aromatic rings. The van der Waals surface area contributed by atoms with Gasteiger partial charge in [-0.05, 0) is 68.1 Å². The minimum Gasteiger partial charge on any atom is -0.198 e. The van der Waals surface area contributed by atoms with Gasteiger partial charge >= 0.3 is 0 Å². The molecule has 4 saturated carbocycles. The van der Waals surface area contributed by atoms with Crippen molar-refractivity contribution >= 4 is 0 Å². The third kappa shape index (κ3) is 1.79. The van der Waals surface area contributed by atoms with E-state index in [1.165, 1.54) is 32.1 Å². The molecule has 4 rings (SSSR count). The van der Waals surface area contributed by atoms with Gasteiger partial charge < -0.3 is 0 Å². The van der Waals surface area contributed by atoms with Gasteiger partial charge in [0.25, 0.3) is 0 Å². The average molecular weight is 215 g/mol. The molecule has 0 aromatic carbocycles. The van der Waals surface area contributed by atoms with Gasteiger partial charge in [-0.15, -0.1) is 0 Å². The maximum Gasteiger partial charge on any atom is 0.0624 e. The maximum absolute atomic E-state index is 8.52. The standard InChI is InChI=1S/C15H21N/c16-5-3-1-2-4-15-13-7-11-6-12(9-13)10-14(15)8-11/h2,4,11-15H,1,3,6-10H2/b4-2+. The predicted molar refractivity (Wildman–Crippen MR) is 64.5 cm³/mol. The Morgan fingerprint density at radius 1 is 1.00 bits per heavy atom. The van der Waals surface area contributed by atoms with Crippen LogP contribution in [0.1, 0.15) is 44.9 Å². The van der Waals surface area contributed by atoms with Gasteiger partial charge in [0.05, 0.1) is 6.07 Å². The second kappa shape index (κ2) is 4.24. The van der Waals surface area contributed by atoms with Gasteiger partial charge in [-0.2, -0.15) is 5.26 Å². The van der Waals surface area contributed by atoms with Gasteiger partial charge in [-0.25, -0.2) is 0 Å². The molecule has 4 bridgehead atoms. The van der Waals surface area contributed by atoms with Crippen molar-refractivity contribution in [2.24, 2.45) is 29.6 Å². The first kappa shape index (κ1) is 10.4. The van der Waals surface area contributed by atoms with Gasteiger partial charge in [0.15, 0.2) is 0 Å². The summed E-state index contributed by atoms with van der Waals surface area (Å²) in [7, 11) is 0. The lowest BCUT2D eigenvalue weighted by molar-refractivity contribution is -0.0162. The lowest BCUT2D eigenvalue weighted by Gasteiger charge is -2.53. The number of hydrogen-bond acceptors (Lipinski definition) is 1. The summed E-state index contributed by atoms with van der Waals surface area (Å²) in [5.74, 6) is 5.01. The quantitative estimate of drug-likeness (QED) is 0.517. The molecule has 0 radical (unpaired) electrons. The zero-order valence-corrected chi connectivity index (χ0v) is 9.94. The SMILES string of the molecule is N#CCC/C=C/C1C2CC3CC(C2)CC1C3. The number of rotatable bonds is 3. The predicted octanol–water partition coefficient (Wildman–Crippen LogP) is 3.92. The zero-order chi connectivity index (χ0) is 11.0. The molecule has 4 aliphatic carbocycles. The van der Waals surface area contributed by atoms with Gasteiger partial charge in [0.1, 0.15) is 0 Å². The Hall–Kier alpha value is -0.770. The minimum absolute atomic E-state index is 0.684. The first-order valence-corrected chi connectivity index (χ1v) is 6.90. The van der Waals surface area contributed by atoms with E-state index in [4.69, 9.17) is 5.26 Å². The van der Waals surface area contributed by atoms with Crippen molar-refractivity contribution in [3.8, 4) is 6.07 Å². The molecule has 16 heavy (non-hydrogen) atoms. The van der Waals surface area contributed by atoms with Crippen molar-refractivity contribution < 1.29 is 0 Å². The van der Waals surface area contributed by atoms with Crippen molar-refractivity contribution in [3.63, 3.8) is 0 Å². The first-order chi connectivity index (χ1) is 7.86. The Bertz CT molecular complexity index is 295. The molecule has 1 heteroatoms. The molecule has 0 amide bonds. The second-order valence-electron chi connectivity index (χ2n) is 6.13. The Morgan fingerprint density at radius 3 is 2.19 bits per heavy atom. The van der Waals surface area contributed by atoms with Crippen molar-refractivity contribution in [2.45, 2.75) is 44.9 Å². The fraction of sp³-hybridized carbons (Fsp3) is 0.800. The highest BCUT2D eigenvalue weighted by atomic mass is 14.5. The summed E-state index contributed by atoms with van der Waals surface area (Å²) in [4.78, 5) is 0. The average Bonchev–Trinajstić information content (AvgIpc) is 2.26. The highest BCUT2D eigenvalue weighted by Gasteiger charge is 2.46. The minimum atomic E-state index is 0.684. The molecule has 0 aliphatic heterocycles. The number of unbranched alkanes of at least 4 members (excludes halogenated alkanes) is 1. The van der Waals surface area contributed by atoms with Crippen LogP contribution in [0.4, 0.5) is 0 Å². The summed E-state index contributed by atoms with van der Waals surface area (Å²) < 4.78 is 0. The molecular weight excluding hydrogens is 194 g/mol. The van der Waals surface area contributed by atoms with E-state index in [2.05, 4.69) is 18.2 Å². The van der Waals surface area contributed by atoms with E-state index in [0.717, 1.165) is 36.0 Å². The zero-order valence-electron chi connectivity index (χ0n) is 9.94. The Morgan fingerprint density at radius 2 is 1.62 bits per heavy atom. The first-order valence-electron chi connectivity index (χ1n) is 6.90. The number of nitriles is 1. The number of hydrogen-bond donors (Lipinski definition) is 0. The molecular formula is C15H21N. The fourth-order valence-electron chi connectivity index (χ4n) is 4.68. The van der Waals surface area contributed by atoms with E-state index in [1.54, 1.807) is 0 Å². The molecule has 86 valence electrons. The highest BCUT2D eigenvalue weighted by molar-refractivity contribution is 5.05. The van der Waals surface area contributed by atoms with Crippen LogP contribution in [0.25, 0.3) is 0 Å². The summed E-state index contributed by atoms with van der Waals surface area (Å²) in [6.07, 6.45) is 13.9. The van der Waals surface area contributed by atoms with Gasteiger partial charge in [-0.3, -0.25) is 0 Å². The van der Waals surface area contributed by atoms with Crippen molar-refractivity contribution in [1.82, 2.24) is 0 Å². The van der Waals surface area contributed by atoms with E-state index in [9.17, 15) is 0 Å². The topological polar surface area (TPSA) is 23.8 Å². The molecule has 4 fully saturated rings. The summed E-state index contributed by atoms with van der Waals surface area (Å²) in [6.45, 7) is 0. The van der Waals surface area contributed by atoms with E-state index >= 15 is 0 Å². The molecule has 0 atom stereocenters. The van der Waals surface area contributed by atoms with Crippen LogP contribution < -0.4 is 0 Å². The Labute approximate surface area is 98.5 Å². The normalized spacial score (nSPS) is 45.1. The van der Waals surface area contributed by atoms with Crippen LogP contribution >= 0.6 is 0 Å². The summed E-state index contributed by atoms with van der Waals surface area (Å²) in [6, 6.07) is 2.22. The fourth-order valence-corrected chi connectivity index (χ4v) is 4.68. The van der Waals surface area contributed by atoms with E-state index in [0.29, 0.717) is 6.42 Å². The molecule has 4 aliphatic rings. The van der Waals surface area contributed by atoms with E-state index < -0.39 is 0 Å². The molecule has 0 spiro atoms. The number of nitrogens with zero attached hydrogens (tertiary/aromatic N) is 1. The molecule has 0 saturated heterocycles. The molecule has 1 nitrogen and oxygen atoms in total. The maximum atomic E-state index is 8.52. The van der Waals surface area contributed by atoms with Gasteiger partial charge in [0, 0.05) is 6.42 Å². The van der Waals surface area contributed by atoms with Gasteiger partial charge in [0.2, 0.25) is 0 Å². The van der Waals surface area contributed by atoms with Crippen LogP contribution in [-0.2, 0) is 0 Å². The second-order valence-corrected chi connectivity index (χ2v) is 6.13. The summed E-state index contributed by atoms with van der Waals surface area (Å²) >= 11 is 0. The van der Waals surface area contributed by atoms with Crippen LogP contribution in [0, 0.1) is 40.9 Å². The molecule has 0 aromatic heterocycles. The van der Waals surface area contributed by atoms with Crippen LogP contribution in [0.5, 0.6) is 0 Å². The summed E-state index contributed by atoms with van der Waals surface area (Å²) in [5.41, 5.74) is 0. The van der Waals surface area contributed by atoms with Crippen LogP contribution in [0.2, 0.25) is 0 Å². The lowest BCUT2D eigenvalue weighted by Crippen LogP contribution is -2.44. The third-order valence-electron chi connectivity index (χ3n) is 5.08. The van der Waals surface area contributed by atoms with Crippen molar-refractivity contribution in [1.29, 1.82) is 5.26 Å². The monoisotopic (exact) mass is 215 g/mol. The van der Waals surface area contributed by atoms with E-state index in [-0.39, 0.29) is 0 Å². The van der Waals surface area contributed by atoms with Gasteiger partial charge in [-0.1, -0.05) is 12.2 Å². The third-order valence-corrected chi connectivity index (χ3v) is 5.08. The molecule has 0 N–H and O–H groups in total. The number of allylic oxidation sites excluding steroid dienone is 2. The smallest absolute Gasteiger partial charge is 0.0624 e. The van der Waals surface area contributed by atoms with Crippen molar-refractivity contribution in [3.05, 3.63) is 12.2 Å². The molecule has 0 unspecified atom stereocenters. The van der Waals surface area contributed by atoms with E-state index in [1.807, 2.05) is 0 Å². The van der Waals surface area contributed by atoms with Crippen LogP contribution in [0.3, 0.4) is 0 Å². The van der Waals surface area contributed by atoms with Crippen LogP contribution in [-0.4, -0.2) is 0 Å². The summed E-state index contributed by atoms with van der Waals surface area (Å²) in [5, 5.41) is 8.52. The van der Waals surface area contributed by atoms with Crippen LogP contribution in [0.15, 0.2) is 12.2 Å². The lowest BCUT2D eigenvalue weighted by atomic mass is 9.52. The van der Waals surface area contributed by atoms with Crippen molar-refractivity contribution in [2.75, 3.05) is 0 Å². The Balaban J connectivity index is 1.64. The highest BCUT2D eigenvalue weighted by Crippen LogP contribution is 2.56.